The molecule has 3 aromatic rings. The van der Waals surface area contributed by atoms with E-state index in [0.717, 1.165) is 92.4 Å². The molecular formula is C38H44N8O7. The van der Waals surface area contributed by atoms with Gasteiger partial charge in [0, 0.05) is 99.6 Å². The Bertz CT molecular complexity index is 1990. The van der Waals surface area contributed by atoms with Gasteiger partial charge in [-0.15, -0.1) is 0 Å². The molecule has 15 nitrogen and oxygen atoms in total. The number of ether oxygens (including phenoxy) is 1. The molecule has 4 fully saturated rings. The van der Waals surface area contributed by atoms with Gasteiger partial charge in [0.1, 0.15) is 6.04 Å². The maximum absolute atomic E-state index is 13.4. The monoisotopic (exact) mass is 724 g/mol. The van der Waals surface area contributed by atoms with Crippen LogP contribution in [0.5, 0.6) is 5.75 Å². The van der Waals surface area contributed by atoms with Gasteiger partial charge in [-0.3, -0.25) is 49.1 Å². The molecule has 4 aliphatic heterocycles. The lowest BCUT2D eigenvalue weighted by Gasteiger charge is -2.49. The number of nitrogens with zero attached hydrogens (tertiary/aromatic N) is 7. The summed E-state index contributed by atoms with van der Waals surface area (Å²) in [7, 11) is 3.30. The lowest BCUT2D eigenvalue weighted by atomic mass is 9.66. The molecule has 0 radical (unpaired) electrons. The summed E-state index contributed by atoms with van der Waals surface area (Å²) >= 11 is 0. The van der Waals surface area contributed by atoms with Crippen LogP contribution in [0.2, 0.25) is 0 Å². The number of fused-ring (bicyclic) bond motifs is 1. The summed E-state index contributed by atoms with van der Waals surface area (Å²) in [6, 6.07) is 8.35. The number of nitro groups is 1. The van der Waals surface area contributed by atoms with Crippen molar-refractivity contribution in [2.75, 3.05) is 56.2 Å². The molecule has 0 bridgehead atoms. The summed E-state index contributed by atoms with van der Waals surface area (Å²) in [6.45, 7) is 5.20. The second-order valence-corrected chi connectivity index (χ2v) is 15.1. The van der Waals surface area contributed by atoms with Crippen molar-refractivity contribution in [1.82, 2.24) is 24.9 Å². The van der Waals surface area contributed by atoms with Gasteiger partial charge in [0.2, 0.25) is 11.8 Å². The molecular weight excluding hydrogens is 680 g/mol. The number of nitrogens with one attached hydrogen (secondary N) is 1. The van der Waals surface area contributed by atoms with Crippen molar-refractivity contribution in [2.24, 2.45) is 12.5 Å². The minimum absolute atomic E-state index is 0.0621. The van der Waals surface area contributed by atoms with E-state index in [2.05, 4.69) is 25.1 Å². The summed E-state index contributed by atoms with van der Waals surface area (Å²) < 4.78 is 7.14. The molecule has 2 aromatic carbocycles. The van der Waals surface area contributed by atoms with Gasteiger partial charge in [0.05, 0.1) is 29.4 Å². The number of piperazine rings is 1. The van der Waals surface area contributed by atoms with Crippen molar-refractivity contribution in [3.63, 3.8) is 0 Å². The van der Waals surface area contributed by atoms with Crippen LogP contribution in [0.15, 0.2) is 42.7 Å². The Morgan fingerprint density at radius 2 is 1.58 bits per heavy atom. The van der Waals surface area contributed by atoms with E-state index in [9.17, 15) is 29.3 Å². The molecule has 1 aromatic heterocycles. The molecule has 278 valence electrons. The van der Waals surface area contributed by atoms with Crippen molar-refractivity contribution in [3.05, 3.63) is 64.0 Å². The molecule has 1 spiro atoms. The number of methoxy groups -OCH3 is 1. The first kappa shape index (κ1) is 34.8. The van der Waals surface area contributed by atoms with Crippen molar-refractivity contribution in [2.45, 2.75) is 63.5 Å². The summed E-state index contributed by atoms with van der Waals surface area (Å²) in [4.78, 5) is 70.3. The van der Waals surface area contributed by atoms with Crippen LogP contribution < -0.4 is 19.9 Å². The first-order valence-electron chi connectivity index (χ1n) is 18.5. The number of anilines is 2. The average molecular weight is 725 g/mol. The molecule has 5 heterocycles. The van der Waals surface area contributed by atoms with Crippen molar-refractivity contribution >= 4 is 40.7 Å². The third-order valence-corrected chi connectivity index (χ3v) is 12.3. The number of hydrogen-bond acceptors (Lipinski definition) is 11. The highest BCUT2D eigenvalue weighted by Gasteiger charge is 2.45. The Balaban J connectivity index is 0.868. The minimum atomic E-state index is -0.971. The van der Waals surface area contributed by atoms with Crippen molar-refractivity contribution in [3.8, 4) is 16.9 Å². The van der Waals surface area contributed by atoms with Gasteiger partial charge in [0.25, 0.3) is 11.8 Å². The Kier molecular flexibility index (Phi) is 8.91. The Morgan fingerprint density at radius 1 is 0.868 bits per heavy atom. The van der Waals surface area contributed by atoms with Gasteiger partial charge in [-0.2, -0.15) is 5.10 Å². The second-order valence-electron chi connectivity index (χ2n) is 15.1. The van der Waals surface area contributed by atoms with Crippen LogP contribution in [0.1, 0.15) is 72.1 Å². The molecule has 1 unspecified atom stereocenters. The van der Waals surface area contributed by atoms with E-state index in [1.807, 2.05) is 19.3 Å². The third-order valence-electron chi connectivity index (χ3n) is 12.3. The molecule has 1 aliphatic carbocycles. The standard InChI is InChI=1S/C38H44N8O7/c1-41-23-24(22-39-41)28-20-32(46(51)52)33(53-2)21-31(28)44-17-15-43(16-18-44)25-7-9-38(10-8-25)11-13-42(14-12-38)26-3-4-27-29(19-26)37(50)45(36(27)49)30-5-6-34(47)40-35(30)48/h3-4,19-23,25,30H,5-18H2,1-2H3,(H,40,47,48). The number of carbonyl (C=O) groups excluding carboxylic acids is 4. The topological polar surface area (TPSA) is 163 Å². The molecule has 8 rings (SSSR count). The van der Waals surface area contributed by atoms with Gasteiger partial charge < -0.3 is 14.5 Å². The highest BCUT2D eigenvalue weighted by molar-refractivity contribution is 6.23. The lowest BCUT2D eigenvalue weighted by molar-refractivity contribution is -0.385. The Morgan fingerprint density at radius 3 is 2.23 bits per heavy atom. The van der Waals surface area contributed by atoms with Gasteiger partial charge >= 0.3 is 5.69 Å². The summed E-state index contributed by atoms with van der Waals surface area (Å²) in [5.41, 5.74) is 4.29. The third kappa shape index (κ3) is 6.30. The first-order valence-corrected chi connectivity index (χ1v) is 18.5. The predicted octanol–water partition coefficient (Wildman–Crippen LogP) is 3.76. The van der Waals surface area contributed by atoms with Crippen molar-refractivity contribution < 1.29 is 28.8 Å². The quantitative estimate of drug-likeness (QED) is 0.215. The fraction of sp³-hybridized carbons (Fsp3) is 0.500. The maximum atomic E-state index is 13.4. The number of rotatable bonds is 7. The molecule has 3 saturated heterocycles. The van der Waals surface area contributed by atoms with E-state index < -0.39 is 28.7 Å². The van der Waals surface area contributed by atoms with E-state index in [1.165, 1.54) is 20.0 Å². The van der Waals surface area contributed by atoms with E-state index in [-0.39, 0.29) is 30.2 Å². The van der Waals surface area contributed by atoms with E-state index in [1.54, 1.807) is 35.1 Å². The van der Waals surface area contributed by atoms with E-state index >= 15 is 0 Å². The highest BCUT2D eigenvalue weighted by Crippen LogP contribution is 2.47. The zero-order valence-electron chi connectivity index (χ0n) is 30.1. The fourth-order valence-electron chi connectivity index (χ4n) is 9.22. The van der Waals surface area contributed by atoms with Crippen LogP contribution >= 0.6 is 0 Å². The second kappa shape index (κ2) is 13.6. The number of piperidine rings is 2. The fourth-order valence-corrected chi connectivity index (χ4v) is 9.22. The number of amides is 4. The van der Waals surface area contributed by atoms with Gasteiger partial charge in [-0.25, -0.2) is 0 Å². The van der Waals surface area contributed by atoms with Crippen LogP contribution in [0.25, 0.3) is 11.1 Å². The van der Waals surface area contributed by atoms with E-state index in [4.69, 9.17) is 4.74 Å². The minimum Gasteiger partial charge on any atom is -0.490 e. The number of aryl methyl sites for hydroxylation is 1. The van der Waals surface area contributed by atoms with E-state index in [0.29, 0.717) is 22.6 Å². The molecule has 1 N–H and O–H groups in total. The molecule has 5 aliphatic rings. The highest BCUT2D eigenvalue weighted by atomic mass is 16.6. The SMILES string of the molecule is COc1cc(N2CCN(C3CCC4(CC3)CCN(c3ccc5c(c3)C(=O)N(C3CCC(=O)NC3=O)C5=O)CC4)CC2)c(-c2cnn(C)c2)cc1[N+](=O)[O-]. The number of carbonyl (C=O) groups is 4. The summed E-state index contributed by atoms with van der Waals surface area (Å²) in [5, 5.41) is 18.4. The van der Waals surface area contributed by atoms with Crippen LogP contribution in [0, 0.1) is 15.5 Å². The molecule has 4 amide bonds. The van der Waals surface area contributed by atoms with Gasteiger partial charge in [-0.05, 0) is 68.6 Å². The van der Waals surface area contributed by atoms with Crippen LogP contribution in [-0.2, 0) is 16.6 Å². The normalized spacial score (nSPS) is 22.4. The first-order chi connectivity index (χ1) is 25.5. The summed E-state index contributed by atoms with van der Waals surface area (Å²) in [6.07, 6.45) is 10.6. The maximum Gasteiger partial charge on any atom is 0.311 e. The predicted molar refractivity (Wildman–Crippen MR) is 195 cm³/mol. The Labute approximate surface area is 307 Å². The molecule has 1 atom stereocenters. The van der Waals surface area contributed by atoms with Crippen LogP contribution in [0.3, 0.4) is 0 Å². The van der Waals surface area contributed by atoms with Crippen LogP contribution in [-0.4, -0.2) is 107 Å². The number of aromatic nitrogens is 2. The molecule has 15 heteroatoms. The number of nitro benzene ring substituents is 1. The van der Waals surface area contributed by atoms with Gasteiger partial charge in [-0.1, -0.05) is 0 Å². The largest absolute Gasteiger partial charge is 0.490 e. The van der Waals surface area contributed by atoms with Crippen molar-refractivity contribution in [1.29, 1.82) is 0 Å². The zero-order valence-corrected chi connectivity index (χ0v) is 30.1. The average Bonchev–Trinajstić information content (AvgIpc) is 3.71. The lowest BCUT2D eigenvalue weighted by Crippen LogP contribution is -2.54. The van der Waals surface area contributed by atoms with Gasteiger partial charge in [0.15, 0.2) is 5.75 Å². The van der Waals surface area contributed by atoms with Crippen LogP contribution in [0.4, 0.5) is 17.1 Å². The smallest absolute Gasteiger partial charge is 0.311 e. The molecule has 1 saturated carbocycles. The number of hydrogen-bond donors (Lipinski definition) is 1. The number of imide groups is 2. The molecule has 53 heavy (non-hydrogen) atoms. The zero-order chi connectivity index (χ0) is 37.0. The summed E-state index contributed by atoms with van der Waals surface area (Å²) in [5.74, 6) is -1.70. The number of benzene rings is 2. The Hall–Kier alpha value is -5.31.